The van der Waals surface area contributed by atoms with Crippen molar-refractivity contribution in [2.75, 3.05) is 13.2 Å². The van der Waals surface area contributed by atoms with Gasteiger partial charge >= 0.3 is 6.09 Å². The van der Waals surface area contributed by atoms with Gasteiger partial charge in [-0.2, -0.15) is 0 Å². The summed E-state index contributed by atoms with van der Waals surface area (Å²) < 4.78 is 5.72. The Hall–Kier alpha value is -3.63. The van der Waals surface area contributed by atoms with Crippen molar-refractivity contribution in [1.82, 2.24) is 5.32 Å². The van der Waals surface area contributed by atoms with Crippen molar-refractivity contribution >= 4 is 16.9 Å². The maximum atomic E-state index is 12.8. The number of hydrogen-bond acceptors (Lipinski definition) is 3. The van der Waals surface area contributed by atoms with Gasteiger partial charge in [-0.3, -0.25) is 0 Å². The molecule has 160 valence electrons. The quantitative estimate of drug-likeness (QED) is 0.412. The molecule has 4 heteroatoms. The molecule has 0 heterocycles. The zero-order chi connectivity index (χ0) is 21.9. The number of fused-ring (bicyclic) bond motifs is 4. The van der Waals surface area contributed by atoms with Crippen LogP contribution < -0.4 is 5.32 Å². The predicted octanol–water partition coefficient (Wildman–Crippen LogP) is 5.80. The molecule has 5 rings (SSSR count). The molecule has 1 amide bonds. The van der Waals surface area contributed by atoms with E-state index in [-0.39, 0.29) is 25.2 Å². The lowest BCUT2D eigenvalue weighted by Crippen LogP contribution is -2.31. The summed E-state index contributed by atoms with van der Waals surface area (Å²) in [5.41, 5.74) is 5.74. The highest BCUT2D eigenvalue weighted by atomic mass is 16.5. The lowest BCUT2D eigenvalue weighted by molar-refractivity contribution is 0.137. The smallest absolute Gasteiger partial charge is 0.407 e. The fraction of sp³-hybridized carbons (Fsp3) is 0.179. The van der Waals surface area contributed by atoms with E-state index in [4.69, 9.17) is 4.74 Å². The SMILES string of the molecule is O=C(N[C@@H](CCO)c1cccc2ccccc12)OCC1c2ccccc2-c2ccccc21. The van der Waals surface area contributed by atoms with E-state index >= 15 is 0 Å². The number of benzene rings is 4. The highest BCUT2D eigenvalue weighted by molar-refractivity contribution is 5.86. The Labute approximate surface area is 187 Å². The summed E-state index contributed by atoms with van der Waals surface area (Å²) in [5, 5.41) is 14.8. The van der Waals surface area contributed by atoms with Gasteiger partial charge in [0.1, 0.15) is 6.61 Å². The van der Waals surface area contributed by atoms with Crippen molar-refractivity contribution in [3.8, 4) is 11.1 Å². The van der Waals surface area contributed by atoms with Crippen molar-refractivity contribution < 1.29 is 14.6 Å². The molecular weight excluding hydrogens is 398 g/mol. The van der Waals surface area contributed by atoms with Crippen LogP contribution in [0.15, 0.2) is 91.0 Å². The van der Waals surface area contributed by atoms with Gasteiger partial charge in [0.2, 0.25) is 0 Å². The number of aliphatic hydroxyl groups excluding tert-OH is 1. The Morgan fingerprint density at radius 1 is 0.844 bits per heavy atom. The van der Waals surface area contributed by atoms with Crippen LogP contribution in [0, 0.1) is 0 Å². The van der Waals surface area contributed by atoms with Gasteiger partial charge < -0.3 is 15.2 Å². The van der Waals surface area contributed by atoms with Crippen molar-refractivity contribution in [3.05, 3.63) is 108 Å². The standard InChI is InChI=1S/C28H25NO3/c30-17-16-27(25-15-7-9-19-8-1-2-10-20(19)25)29-28(31)32-18-26-23-13-5-3-11-21(23)22-12-4-6-14-24(22)26/h1-15,26-27,30H,16-18H2,(H,29,31)/t27-/m0/s1. The molecule has 4 aromatic rings. The van der Waals surface area contributed by atoms with Gasteiger partial charge in [-0.05, 0) is 45.0 Å². The van der Waals surface area contributed by atoms with Crippen LogP contribution in [0.5, 0.6) is 0 Å². The number of carbonyl (C=O) groups excluding carboxylic acids is 1. The van der Waals surface area contributed by atoms with E-state index < -0.39 is 6.09 Å². The van der Waals surface area contributed by atoms with Gasteiger partial charge in [-0.25, -0.2) is 4.79 Å². The molecule has 0 spiro atoms. The molecule has 0 unspecified atom stereocenters. The van der Waals surface area contributed by atoms with E-state index in [0.29, 0.717) is 6.42 Å². The topological polar surface area (TPSA) is 58.6 Å². The molecule has 32 heavy (non-hydrogen) atoms. The van der Waals surface area contributed by atoms with E-state index in [2.05, 4.69) is 29.6 Å². The van der Waals surface area contributed by atoms with E-state index in [9.17, 15) is 9.90 Å². The molecular formula is C28H25NO3. The zero-order valence-electron chi connectivity index (χ0n) is 17.7. The minimum atomic E-state index is -0.474. The fourth-order valence-corrected chi connectivity index (χ4v) is 4.77. The Morgan fingerprint density at radius 2 is 1.47 bits per heavy atom. The van der Waals surface area contributed by atoms with Crippen LogP contribution in [0.25, 0.3) is 21.9 Å². The Kier molecular flexibility index (Phi) is 5.61. The van der Waals surface area contributed by atoms with Crippen molar-refractivity contribution in [2.24, 2.45) is 0 Å². The van der Waals surface area contributed by atoms with Crippen LogP contribution in [0.1, 0.15) is 35.1 Å². The van der Waals surface area contributed by atoms with Crippen LogP contribution in [0.4, 0.5) is 4.79 Å². The number of ether oxygens (including phenoxy) is 1. The first-order valence-corrected chi connectivity index (χ1v) is 11.0. The number of hydrogen-bond donors (Lipinski definition) is 2. The third kappa shape index (κ3) is 3.74. The lowest BCUT2D eigenvalue weighted by atomic mass is 9.97. The van der Waals surface area contributed by atoms with Crippen LogP contribution in [-0.4, -0.2) is 24.4 Å². The molecule has 0 bridgehead atoms. The number of amides is 1. The minimum absolute atomic E-state index is 0.0157. The minimum Gasteiger partial charge on any atom is -0.449 e. The number of rotatable bonds is 6. The monoisotopic (exact) mass is 423 g/mol. The molecule has 0 fully saturated rings. The van der Waals surface area contributed by atoms with E-state index in [1.165, 1.54) is 22.3 Å². The second kappa shape index (κ2) is 8.85. The average Bonchev–Trinajstić information content (AvgIpc) is 3.16. The molecule has 0 radical (unpaired) electrons. The number of aliphatic hydroxyl groups is 1. The van der Waals surface area contributed by atoms with Crippen molar-refractivity contribution in [1.29, 1.82) is 0 Å². The molecule has 0 aromatic heterocycles. The van der Waals surface area contributed by atoms with Crippen LogP contribution in [-0.2, 0) is 4.74 Å². The van der Waals surface area contributed by atoms with Gasteiger partial charge in [-0.15, -0.1) is 0 Å². The highest BCUT2D eigenvalue weighted by Crippen LogP contribution is 2.44. The zero-order valence-corrected chi connectivity index (χ0v) is 17.7. The molecule has 0 saturated carbocycles. The van der Waals surface area contributed by atoms with Crippen LogP contribution in [0.2, 0.25) is 0 Å². The molecule has 1 aliphatic carbocycles. The Balaban J connectivity index is 1.34. The summed E-state index contributed by atoms with van der Waals surface area (Å²) in [6, 6.07) is 30.3. The van der Waals surface area contributed by atoms with Crippen molar-refractivity contribution in [2.45, 2.75) is 18.4 Å². The van der Waals surface area contributed by atoms with Gasteiger partial charge in [0, 0.05) is 12.5 Å². The van der Waals surface area contributed by atoms with Gasteiger partial charge in [0.15, 0.2) is 0 Å². The molecule has 4 nitrogen and oxygen atoms in total. The number of carbonyl (C=O) groups is 1. The molecule has 1 aliphatic rings. The molecule has 4 aromatic carbocycles. The first kappa shape index (κ1) is 20.3. The van der Waals surface area contributed by atoms with Gasteiger partial charge in [-0.1, -0.05) is 91.0 Å². The van der Waals surface area contributed by atoms with E-state index in [1.54, 1.807) is 0 Å². The molecule has 2 N–H and O–H groups in total. The fourth-order valence-electron chi connectivity index (χ4n) is 4.77. The normalized spacial score (nSPS) is 13.4. The molecule has 0 saturated heterocycles. The summed E-state index contributed by atoms with van der Waals surface area (Å²) >= 11 is 0. The van der Waals surface area contributed by atoms with Gasteiger partial charge in [0.25, 0.3) is 0 Å². The van der Waals surface area contributed by atoms with Gasteiger partial charge in [0.05, 0.1) is 6.04 Å². The van der Waals surface area contributed by atoms with Crippen molar-refractivity contribution in [3.63, 3.8) is 0 Å². The Bertz CT molecular complexity index is 1220. The highest BCUT2D eigenvalue weighted by Gasteiger charge is 2.29. The number of nitrogens with one attached hydrogen (secondary N) is 1. The second-order valence-corrected chi connectivity index (χ2v) is 8.10. The lowest BCUT2D eigenvalue weighted by Gasteiger charge is -2.21. The summed E-state index contributed by atoms with van der Waals surface area (Å²) in [5.74, 6) is 0.0157. The third-order valence-corrected chi connectivity index (χ3v) is 6.25. The predicted molar refractivity (Wildman–Crippen MR) is 127 cm³/mol. The Morgan fingerprint density at radius 3 is 2.19 bits per heavy atom. The summed E-state index contributed by atoms with van der Waals surface area (Å²) in [7, 11) is 0. The van der Waals surface area contributed by atoms with E-state index in [0.717, 1.165) is 16.3 Å². The van der Waals surface area contributed by atoms with Crippen LogP contribution >= 0.6 is 0 Å². The summed E-state index contributed by atoms with van der Waals surface area (Å²) in [6.45, 7) is 0.235. The average molecular weight is 424 g/mol. The summed E-state index contributed by atoms with van der Waals surface area (Å²) in [4.78, 5) is 12.8. The number of alkyl carbamates (subject to hydrolysis) is 1. The van der Waals surface area contributed by atoms with E-state index in [1.807, 2.05) is 66.7 Å². The third-order valence-electron chi connectivity index (χ3n) is 6.25. The maximum Gasteiger partial charge on any atom is 0.407 e. The largest absolute Gasteiger partial charge is 0.449 e. The van der Waals surface area contributed by atoms with Crippen LogP contribution in [0.3, 0.4) is 0 Å². The first-order chi connectivity index (χ1) is 15.8. The first-order valence-electron chi connectivity index (χ1n) is 11.0. The summed E-state index contributed by atoms with van der Waals surface area (Å²) in [6.07, 6.45) is -0.0590. The maximum absolute atomic E-state index is 12.8. The molecule has 0 aliphatic heterocycles. The second-order valence-electron chi connectivity index (χ2n) is 8.10. The molecule has 1 atom stereocenters.